The first-order valence-electron chi connectivity index (χ1n) is 13.4. The van der Waals surface area contributed by atoms with Crippen LogP contribution in [0.3, 0.4) is 0 Å². The van der Waals surface area contributed by atoms with Crippen LogP contribution in [0.4, 0.5) is 22.9 Å². The van der Waals surface area contributed by atoms with Gasteiger partial charge in [-0.25, -0.2) is 4.98 Å². The molecule has 0 atom stereocenters. The summed E-state index contributed by atoms with van der Waals surface area (Å²) >= 11 is 0. The standard InChI is InChI=1S/C34H23BN4O/c1-2-11-25(12-3-1)38-32-17-9-21-37-34(32)39-33-23-27(18-19-29(33)28-14-4-5-15-30(28)35(38)39)40-26-13-8-10-24(22-26)31-16-6-7-20-36-31/h1-23H. The average Bonchev–Trinajstić information content (AvgIpc) is 3.38. The number of rotatable bonds is 4. The fourth-order valence-corrected chi connectivity index (χ4v) is 5.88. The average molecular weight is 514 g/mol. The van der Waals surface area contributed by atoms with E-state index in [9.17, 15) is 0 Å². The lowest BCUT2D eigenvalue weighted by Gasteiger charge is -2.36. The van der Waals surface area contributed by atoms with Crippen LogP contribution in [0.2, 0.25) is 0 Å². The van der Waals surface area contributed by atoms with Crippen LogP contribution in [0.1, 0.15) is 0 Å². The molecule has 2 aromatic heterocycles. The van der Waals surface area contributed by atoms with Crippen LogP contribution >= 0.6 is 0 Å². The summed E-state index contributed by atoms with van der Waals surface area (Å²) in [5.41, 5.74) is 8.83. The minimum absolute atomic E-state index is 0.0706. The molecular formula is C34H23BN4O. The largest absolute Gasteiger partial charge is 0.457 e. The molecule has 2 aliphatic rings. The van der Waals surface area contributed by atoms with Gasteiger partial charge in [0, 0.05) is 41.0 Å². The maximum atomic E-state index is 6.45. The zero-order valence-electron chi connectivity index (χ0n) is 21.6. The lowest BCUT2D eigenvalue weighted by atomic mass is 9.59. The summed E-state index contributed by atoms with van der Waals surface area (Å²) < 4.78 is 6.45. The van der Waals surface area contributed by atoms with Crippen molar-refractivity contribution >= 4 is 35.3 Å². The Balaban J connectivity index is 1.26. The molecule has 188 valence electrons. The number of hydrogen-bond acceptors (Lipinski definition) is 5. The molecular weight excluding hydrogens is 491 g/mol. The van der Waals surface area contributed by atoms with Crippen molar-refractivity contribution in [1.29, 1.82) is 0 Å². The number of fused-ring (bicyclic) bond motifs is 8. The van der Waals surface area contributed by atoms with Gasteiger partial charge in [0.25, 0.3) is 0 Å². The predicted molar refractivity (Wildman–Crippen MR) is 162 cm³/mol. The number of ether oxygens (including phenoxy) is 1. The smallest absolute Gasteiger partial charge is 0.422 e. The molecule has 0 bridgehead atoms. The van der Waals surface area contributed by atoms with Gasteiger partial charge in [0.05, 0.1) is 11.4 Å². The van der Waals surface area contributed by atoms with E-state index in [4.69, 9.17) is 9.72 Å². The van der Waals surface area contributed by atoms with Gasteiger partial charge in [0.1, 0.15) is 17.3 Å². The van der Waals surface area contributed by atoms with Crippen LogP contribution in [0.15, 0.2) is 140 Å². The van der Waals surface area contributed by atoms with Crippen molar-refractivity contribution in [2.24, 2.45) is 0 Å². The second kappa shape index (κ2) is 9.14. The van der Waals surface area contributed by atoms with Gasteiger partial charge in [-0.3, -0.25) is 4.98 Å². The number of pyridine rings is 2. The lowest BCUT2D eigenvalue weighted by molar-refractivity contribution is 0.483. The van der Waals surface area contributed by atoms with E-state index < -0.39 is 0 Å². The zero-order chi connectivity index (χ0) is 26.5. The van der Waals surface area contributed by atoms with Crippen molar-refractivity contribution < 1.29 is 4.74 Å². The van der Waals surface area contributed by atoms with Crippen molar-refractivity contribution in [3.8, 4) is 33.9 Å². The van der Waals surface area contributed by atoms with Gasteiger partial charge in [0.15, 0.2) is 0 Å². The summed E-state index contributed by atoms with van der Waals surface area (Å²) in [6, 6.07) is 43.7. The predicted octanol–water partition coefficient (Wildman–Crippen LogP) is 7.60. The number of nitrogens with zero attached hydrogens (tertiary/aromatic N) is 4. The molecule has 4 heterocycles. The van der Waals surface area contributed by atoms with Crippen LogP contribution in [0.5, 0.6) is 11.5 Å². The summed E-state index contributed by atoms with van der Waals surface area (Å²) in [7, 11) is 0. The number of para-hydroxylation sites is 1. The van der Waals surface area contributed by atoms with Crippen LogP contribution in [-0.4, -0.2) is 17.0 Å². The van der Waals surface area contributed by atoms with E-state index >= 15 is 0 Å². The van der Waals surface area contributed by atoms with E-state index in [-0.39, 0.29) is 6.98 Å². The minimum atomic E-state index is -0.0706. The van der Waals surface area contributed by atoms with E-state index in [0.29, 0.717) is 0 Å². The summed E-state index contributed by atoms with van der Waals surface area (Å²) in [6.45, 7) is -0.0706. The maximum Gasteiger partial charge on any atom is 0.422 e. The minimum Gasteiger partial charge on any atom is -0.457 e. The molecule has 0 amide bonds. The van der Waals surface area contributed by atoms with Crippen LogP contribution in [-0.2, 0) is 0 Å². The fourth-order valence-electron chi connectivity index (χ4n) is 5.88. The number of hydrogen-bond donors (Lipinski definition) is 0. The molecule has 8 rings (SSSR count). The second-order valence-corrected chi connectivity index (χ2v) is 9.91. The third-order valence-corrected chi connectivity index (χ3v) is 7.57. The molecule has 40 heavy (non-hydrogen) atoms. The molecule has 0 N–H and O–H groups in total. The Morgan fingerprint density at radius 2 is 1.38 bits per heavy atom. The fraction of sp³-hybridized carbons (Fsp3) is 0. The first-order valence-corrected chi connectivity index (χ1v) is 13.4. The van der Waals surface area contributed by atoms with Crippen molar-refractivity contribution in [3.05, 3.63) is 140 Å². The van der Waals surface area contributed by atoms with Gasteiger partial charge in [-0.15, -0.1) is 0 Å². The Hall–Kier alpha value is -5.36. The number of benzene rings is 4. The van der Waals surface area contributed by atoms with E-state index in [1.807, 2.05) is 54.7 Å². The molecule has 2 aliphatic heterocycles. The van der Waals surface area contributed by atoms with Gasteiger partial charge in [0.2, 0.25) is 0 Å². The van der Waals surface area contributed by atoms with E-state index in [1.54, 1.807) is 6.20 Å². The summed E-state index contributed by atoms with van der Waals surface area (Å²) in [4.78, 5) is 14.1. The van der Waals surface area contributed by atoms with Crippen molar-refractivity contribution in [1.82, 2.24) is 9.97 Å². The molecule has 6 aromatic rings. The molecule has 0 saturated heterocycles. The van der Waals surface area contributed by atoms with Crippen molar-refractivity contribution in [2.75, 3.05) is 9.62 Å². The first kappa shape index (κ1) is 22.6. The summed E-state index contributed by atoms with van der Waals surface area (Å²) in [5.74, 6) is 2.47. The van der Waals surface area contributed by atoms with E-state index in [1.165, 1.54) is 11.0 Å². The lowest BCUT2D eigenvalue weighted by Crippen LogP contribution is -2.55. The molecule has 0 spiro atoms. The van der Waals surface area contributed by atoms with Crippen LogP contribution < -0.4 is 19.8 Å². The molecule has 0 radical (unpaired) electrons. The Morgan fingerprint density at radius 1 is 0.550 bits per heavy atom. The Kier molecular flexibility index (Phi) is 5.17. The topological polar surface area (TPSA) is 41.5 Å². The van der Waals surface area contributed by atoms with Gasteiger partial charge < -0.3 is 14.4 Å². The SMILES string of the molecule is c1ccc(N2B3c4ccccc4-c4ccc(Oc5cccc(-c6ccccn6)c5)cc4N3c3ncccc32)cc1. The van der Waals surface area contributed by atoms with E-state index in [2.05, 4.69) is 93.5 Å². The Morgan fingerprint density at radius 3 is 2.27 bits per heavy atom. The molecule has 0 saturated carbocycles. The van der Waals surface area contributed by atoms with Gasteiger partial charge in [-0.1, -0.05) is 60.7 Å². The molecule has 4 aromatic carbocycles. The Labute approximate surface area is 233 Å². The third kappa shape index (κ3) is 3.57. The highest BCUT2D eigenvalue weighted by atomic mass is 16.5. The molecule has 0 aliphatic carbocycles. The van der Waals surface area contributed by atoms with Gasteiger partial charge in [-0.2, -0.15) is 0 Å². The van der Waals surface area contributed by atoms with Crippen molar-refractivity contribution in [3.63, 3.8) is 0 Å². The number of aromatic nitrogens is 2. The summed E-state index contributed by atoms with van der Waals surface area (Å²) in [6.07, 6.45) is 3.68. The Bertz CT molecular complexity index is 1860. The number of anilines is 4. The highest BCUT2D eigenvalue weighted by Gasteiger charge is 2.48. The van der Waals surface area contributed by atoms with E-state index in [0.717, 1.165) is 51.2 Å². The third-order valence-electron chi connectivity index (χ3n) is 7.57. The summed E-state index contributed by atoms with van der Waals surface area (Å²) in [5, 5.41) is 0. The monoisotopic (exact) mass is 514 g/mol. The first-order chi connectivity index (χ1) is 19.8. The molecule has 5 nitrogen and oxygen atoms in total. The van der Waals surface area contributed by atoms with Gasteiger partial charge in [-0.05, 0) is 71.7 Å². The molecule has 0 unspecified atom stereocenters. The molecule has 6 heteroatoms. The second-order valence-electron chi connectivity index (χ2n) is 9.91. The highest BCUT2D eigenvalue weighted by molar-refractivity contribution is 6.86. The van der Waals surface area contributed by atoms with Crippen LogP contribution in [0, 0.1) is 0 Å². The quantitative estimate of drug-likeness (QED) is 0.227. The van der Waals surface area contributed by atoms with Gasteiger partial charge >= 0.3 is 6.98 Å². The zero-order valence-corrected chi connectivity index (χ0v) is 21.6. The normalized spacial score (nSPS) is 12.8. The highest BCUT2D eigenvalue weighted by Crippen LogP contribution is 2.50. The molecule has 0 fully saturated rings. The van der Waals surface area contributed by atoms with Crippen LogP contribution in [0.25, 0.3) is 22.4 Å². The van der Waals surface area contributed by atoms with Crippen molar-refractivity contribution in [2.45, 2.75) is 0 Å². The maximum absolute atomic E-state index is 6.45.